The standard InChI is InChI=1S/C10H22O4Si2/c1-9(2)10(11)13-8-16(7,12-3)14-15(4,5)6/h1,8H2,2-7H3. The molecule has 1 atom stereocenters. The van der Waals surface area contributed by atoms with Crippen LogP contribution in [0.4, 0.5) is 0 Å². The first-order chi connectivity index (χ1) is 7.09. The molecule has 0 saturated carbocycles. The minimum absolute atomic E-state index is 0.208. The molecule has 0 spiro atoms. The van der Waals surface area contributed by atoms with Gasteiger partial charge in [0.1, 0.15) is 6.23 Å². The molecule has 1 unspecified atom stereocenters. The van der Waals surface area contributed by atoms with Gasteiger partial charge in [0.05, 0.1) is 0 Å². The van der Waals surface area contributed by atoms with Crippen LogP contribution in [0.15, 0.2) is 12.2 Å². The molecule has 0 aliphatic carbocycles. The van der Waals surface area contributed by atoms with Gasteiger partial charge < -0.3 is 13.3 Å². The molecule has 0 aliphatic rings. The number of hydrogen-bond donors (Lipinski definition) is 0. The van der Waals surface area contributed by atoms with E-state index in [9.17, 15) is 4.79 Å². The molecule has 4 nitrogen and oxygen atoms in total. The molecule has 0 fully saturated rings. The Morgan fingerprint density at radius 3 is 2.06 bits per heavy atom. The summed E-state index contributed by atoms with van der Waals surface area (Å²) < 4.78 is 16.4. The average Bonchev–Trinajstić information content (AvgIpc) is 2.11. The van der Waals surface area contributed by atoms with Crippen LogP contribution in [0.25, 0.3) is 0 Å². The second-order valence-corrected chi connectivity index (χ2v) is 12.9. The molecule has 0 heterocycles. The highest BCUT2D eigenvalue weighted by Crippen LogP contribution is 2.15. The third-order valence-corrected chi connectivity index (χ3v) is 7.48. The molecular weight excluding hydrogens is 240 g/mol. The van der Waals surface area contributed by atoms with E-state index in [0.717, 1.165) is 0 Å². The highest BCUT2D eigenvalue weighted by Gasteiger charge is 2.37. The summed E-state index contributed by atoms with van der Waals surface area (Å²) in [4.78, 5) is 11.3. The van der Waals surface area contributed by atoms with Crippen molar-refractivity contribution in [3.05, 3.63) is 12.2 Å². The van der Waals surface area contributed by atoms with Gasteiger partial charge >= 0.3 is 14.5 Å². The molecule has 6 heteroatoms. The van der Waals surface area contributed by atoms with Gasteiger partial charge in [0, 0.05) is 12.7 Å². The maximum absolute atomic E-state index is 11.3. The molecule has 0 aromatic carbocycles. The highest BCUT2D eigenvalue weighted by atomic mass is 28.4. The first-order valence-corrected chi connectivity index (χ1v) is 11.1. The van der Waals surface area contributed by atoms with Gasteiger partial charge in [-0.05, 0) is 33.1 Å². The third-order valence-electron chi connectivity index (χ3n) is 1.77. The van der Waals surface area contributed by atoms with Crippen LogP contribution >= 0.6 is 0 Å². The molecule has 0 aliphatic heterocycles. The van der Waals surface area contributed by atoms with Crippen molar-refractivity contribution in [1.29, 1.82) is 0 Å². The van der Waals surface area contributed by atoms with Gasteiger partial charge in [-0.2, -0.15) is 0 Å². The van der Waals surface area contributed by atoms with E-state index in [1.165, 1.54) is 0 Å². The Morgan fingerprint density at radius 2 is 1.75 bits per heavy atom. The fraction of sp³-hybridized carbons (Fsp3) is 0.700. The van der Waals surface area contributed by atoms with E-state index in [-0.39, 0.29) is 6.23 Å². The van der Waals surface area contributed by atoms with E-state index in [4.69, 9.17) is 13.3 Å². The summed E-state index contributed by atoms with van der Waals surface area (Å²) in [5.41, 5.74) is 0.389. The number of esters is 1. The highest BCUT2D eigenvalue weighted by molar-refractivity contribution is 6.81. The third kappa shape index (κ3) is 6.21. The predicted molar refractivity (Wildman–Crippen MR) is 68.8 cm³/mol. The van der Waals surface area contributed by atoms with Crippen LogP contribution in [0.1, 0.15) is 6.92 Å². The van der Waals surface area contributed by atoms with Gasteiger partial charge in [-0.15, -0.1) is 0 Å². The van der Waals surface area contributed by atoms with Gasteiger partial charge in [0.2, 0.25) is 0 Å². The lowest BCUT2D eigenvalue weighted by molar-refractivity contribution is -0.137. The van der Waals surface area contributed by atoms with Gasteiger partial charge in [-0.1, -0.05) is 6.58 Å². The molecule has 0 aromatic heterocycles. The number of hydrogen-bond acceptors (Lipinski definition) is 4. The summed E-state index contributed by atoms with van der Waals surface area (Å²) in [6.07, 6.45) is 0.208. The summed E-state index contributed by atoms with van der Waals surface area (Å²) in [5, 5.41) is 0. The molecule has 0 saturated heterocycles. The molecule has 94 valence electrons. The maximum atomic E-state index is 11.3. The second-order valence-electron chi connectivity index (χ2n) is 4.91. The second kappa shape index (κ2) is 5.76. The normalized spacial score (nSPS) is 15.4. The first kappa shape index (κ1) is 15.6. The van der Waals surface area contributed by atoms with E-state index in [0.29, 0.717) is 5.57 Å². The monoisotopic (exact) mass is 262 g/mol. The number of carbonyl (C=O) groups is 1. The Balaban J connectivity index is 4.38. The predicted octanol–water partition coefficient (Wildman–Crippen LogP) is 2.21. The van der Waals surface area contributed by atoms with Gasteiger partial charge in [0.25, 0.3) is 0 Å². The summed E-state index contributed by atoms with van der Waals surface area (Å²) in [6, 6.07) is 0. The number of ether oxygens (including phenoxy) is 1. The zero-order chi connectivity index (χ0) is 13.0. The summed E-state index contributed by atoms with van der Waals surface area (Å²) >= 11 is 0. The SMILES string of the molecule is C=C(C)C(=O)OC[Si](C)(OC)O[Si](C)(C)C. The maximum Gasteiger partial charge on any atom is 0.363 e. The van der Waals surface area contributed by atoms with Crippen molar-refractivity contribution in [1.82, 2.24) is 0 Å². The van der Waals surface area contributed by atoms with Gasteiger partial charge in [-0.25, -0.2) is 4.79 Å². The molecular formula is C10H22O4Si2. The fourth-order valence-electron chi connectivity index (χ4n) is 1.10. The van der Waals surface area contributed by atoms with Crippen molar-refractivity contribution in [2.45, 2.75) is 33.1 Å². The van der Waals surface area contributed by atoms with Crippen molar-refractivity contribution in [3.8, 4) is 0 Å². The minimum atomic E-state index is -2.39. The van der Waals surface area contributed by atoms with E-state index in [1.807, 2.05) is 6.55 Å². The van der Waals surface area contributed by atoms with E-state index in [2.05, 4.69) is 26.2 Å². The molecule has 0 radical (unpaired) electrons. The Hall–Kier alpha value is -0.436. The van der Waals surface area contributed by atoms with Crippen molar-refractivity contribution in [3.63, 3.8) is 0 Å². The Labute approximate surface area is 100.0 Å². The van der Waals surface area contributed by atoms with E-state index in [1.54, 1.807) is 14.0 Å². The van der Waals surface area contributed by atoms with Crippen molar-refractivity contribution >= 4 is 22.8 Å². The lowest BCUT2D eigenvalue weighted by Crippen LogP contribution is -2.50. The Kier molecular flexibility index (Phi) is 5.61. The van der Waals surface area contributed by atoms with Gasteiger partial charge in [0.15, 0.2) is 8.32 Å². The van der Waals surface area contributed by atoms with E-state index >= 15 is 0 Å². The summed E-state index contributed by atoms with van der Waals surface area (Å²) in [5.74, 6) is -0.394. The van der Waals surface area contributed by atoms with Crippen LogP contribution in [0, 0.1) is 0 Å². The average molecular weight is 262 g/mol. The summed E-state index contributed by atoms with van der Waals surface area (Å²) in [6.45, 7) is 13.3. The lowest BCUT2D eigenvalue weighted by Gasteiger charge is -2.31. The Morgan fingerprint density at radius 1 is 1.25 bits per heavy atom. The molecule has 0 bridgehead atoms. The van der Waals surface area contributed by atoms with Crippen LogP contribution in [0.3, 0.4) is 0 Å². The van der Waals surface area contributed by atoms with Crippen LogP contribution in [0.2, 0.25) is 26.2 Å². The van der Waals surface area contributed by atoms with Crippen LogP contribution in [0.5, 0.6) is 0 Å². The first-order valence-electron chi connectivity index (χ1n) is 5.17. The zero-order valence-corrected chi connectivity index (χ0v) is 13.0. The van der Waals surface area contributed by atoms with Crippen molar-refractivity contribution in [2.75, 3.05) is 13.3 Å². The smallest absolute Gasteiger partial charge is 0.363 e. The van der Waals surface area contributed by atoms with Crippen LogP contribution < -0.4 is 0 Å². The van der Waals surface area contributed by atoms with Gasteiger partial charge in [-0.3, -0.25) is 0 Å². The van der Waals surface area contributed by atoms with Crippen molar-refractivity contribution in [2.24, 2.45) is 0 Å². The van der Waals surface area contributed by atoms with E-state index < -0.39 is 22.8 Å². The minimum Gasteiger partial charge on any atom is -0.460 e. The number of rotatable bonds is 6. The number of carbonyl (C=O) groups excluding carboxylic acids is 1. The largest absolute Gasteiger partial charge is 0.460 e. The van der Waals surface area contributed by atoms with Crippen molar-refractivity contribution < 1.29 is 18.1 Å². The molecule has 0 N–H and O–H groups in total. The lowest BCUT2D eigenvalue weighted by atomic mass is 10.4. The van der Waals surface area contributed by atoms with Crippen LogP contribution in [-0.4, -0.2) is 36.2 Å². The Bertz CT molecular complexity index is 272. The topological polar surface area (TPSA) is 44.8 Å². The van der Waals surface area contributed by atoms with Crippen LogP contribution in [-0.2, 0) is 18.1 Å². The fourth-order valence-corrected chi connectivity index (χ4v) is 7.36. The quantitative estimate of drug-likeness (QED) is 0.418. The molecule has 0 amide bonds. The molecule has 16 heavy (non-hydrogen) atoms. The zero-order valence-electron chi connectivity index (χ0n) is 11.0. The summed E-state index contributed by atoms with van der Waals surface area (Å²) in [7, 11) is -2.48. The molecule has 0 rings (SSSR count). The molecule has 0 aromatic rings.